The zero-order valence-corrected chi connectivity index (χ0v) is 19.0. The molecule has 0 saturated carbocycles. The van der Waals surface area contributed by atoms with Gasteiger partial charge in [-0.25, -0.2) is 9.97 Å². The molecule has 0 radical (unpaired) electrons. The molecule has 0 spiro atoms. The topological polar surface area (TPSA) is 73.8 Å². The molecule has 1 fully saturated rings. The van der Waals surface area contributed by atoms with E-state index in [1.807, 2.05) is 12.1 Å². The van der Waals surface area contributed by atoms with E-state index in [4.69, 9.17) is 19.2 Å². The van der Waals surface area contributed by atoms with Crippen LogP contribution in [0.5, 0.6) is 17.2 Å². The first-order valence-electron chi connectivity index (χ1n) is 10.9. The Morgan fingerprint density at radius 1 is 0.968 bits per heavy atom. The van der Waals surface area contributed by atoms with Crippen molar-refractivity contribution in [2.75, 3.05) is 39.3 Å². The van der Waals surface area contributed by atoms with Crippen LogP contribution in [0.1, 0.15) is 54.2 Å². The molecule has 1 aromatic heterocycles. The summed E-state index contributed by atoms with van der Waals surface area (Å²) < 4.78 is 16.4. The predicted molar refractivity (Wildman–Crippen MR) is 119 cm³/mol. The van der Waals surface area contributed by atoms with E-state index in [-0.39, 0.29) is 11.7 Å². The number of ether oxygens (including phenoxy) is 3. The fourth-order valence-corrected chi connectivity index (χ4v) is 4.99. The van der Waals surface area contributed by atoms with E-state index < -0.39 is 0 Å². The number of nitrogens with zero attached hydrogens (tertiary/aromatic N) is 3. The number of carbonyl (C=O) groups excluding carboxylic acids is 1. The molecule has 0 bridgehead atoms. The third-order valence-electron chi connectivity index (χ3n) is 6.34. The quantitative estimate of drug-likeness (QED) is 0.719. The summed E-state index contributed by atoms with van der Waals surface area (Å²) in [5, 5.41) is 0. The lowest BCUT2D eigenvalue weighted by molar-refractivity contribution is 0.0962. The third kappa shape index (κ3) is 4.18. The fourth-order valence-electron chi connectivity index (χ4n) is 4.99. The second kappa shape index (κ2) is 8.73. The number of piperidine rings is 1. The second-order valence-electron chi connectivity index (χ2n) is 8.87. The third-order valence-corrected chi connectivity index (χ3v) is 6.34. The molecular formula is C24H31N3O4. The normalized spacial score (nSPS) is 23.3. The van der Waals surface area contributed by atoms with Crippen molar-refractivity contribution in [3.05, 3.63) is 35.2 Å². The molecule has 3 atom stereocenters. The average molecular weight is 426 g/mol. The lowest BCUT2D eigenvalue weighted by Gasteiger charge is -2.35. The number of hydrogen-bond acceptors (Lipinski definition) is 7. The van der Waals surface area contributed by atoms with Crippen molar-refractivity contribution < 1.29 is 19.0 Å². The maximum atomic E-state index is 12.9. The van der Waals surface area contributed by atoms with Gasteiger partial charge in [0.25, 0.3) is 0 Å². The number of fused-ring (bicyclic) bond motifs is 1. The molecule has 1 saturated heterocycles. The fraction of sp³-hybridized carbons (Fsp3) is 0.542. The number of Topliss-reactive ketones (excluding diaryl/α,β-unsaturated/α-hetero) is 1. The second-order valence-corrected chi connectivity index (χ2v) is 8.87. The van der Waals surface area contributed by atoms with Crippen LogP contribution < -0.4 is 19.1 Å². The summed E-state index contributed by atoms with van der Waals surface area (Å²) in [6.07, 6.45) is 4.03. The van der Waals surface area contributed by atoms with Gasteiger partial charge in [-0.1, -0.05) is 13.8 Å². The Morgan fingerprint density at radius 2 is 1.61 bits per heavy atom. The van der Waals surface area contributed by atoms with Crippen molar-refractivity contribution in [2.24, 2.45) is 11.8 Å². The van der Waals surface area contributed by atoms with Gasteiger partial charge in [-0.2, -0.15) is 0 Å². The van der Waals surface area contributed by atoms with Crippen LogP contribution in [0.2, 0.25) is 0 Å². The van der Waals surface area contributed by atoms with E-state index in [1.54, 1.807) is 27.5 Å². The van der Waals surface area contributed by atoms with Crippen molar-refractivity contribution in [1.29, 1.82) is 0 Å². The van der Waals surface area contributed by atoms with Crippen molar-refractivity contribution in [3.8, 4) is 17.2 Å². The summed E-state index contributed by atoms with van der Waals surface area (Å²) in [5.74, 6) is 3.76. The van der Waals surface area contributed by atoms with E-state index in [0.29, 0.717) is 47.5 Å². The Morgan fingerprint density at radius 3 is 2.19 bits per heavy atom. The van der Waals surface area contributed by atoms with Crippen LogP contribution in [0.3, 0.4) is 0 Å². The molecule has 2 heterocycles. The number of rotatable bonds is 5. The number of methoxy groups -OCH3 is 3. The molecule has 0 unspecified atom stereocenters. The zero-order valence-electron chi connectivity index (χ0n) is 19.0. The van der Waals surface area contributed by atoms with Gasteiger partial charge < -0.3 is 19.1 Å². The van der Waals surface area contributed by atoms with E-state index in [0.717, 1.165) is 30.3 Å². The monoisotopic (exact) mass is 425 g/mol. The number of ketones is 1. The summed E-state index contributed by atoms with van der Waals surface area (Å²) in [5.41, 5.74) is 2.45. The lowest BCUT2D eigenvalue weighted by atomic mass is 9.82. The summed E-state index contributed by atoms with van der Waals surface area (Å²) in [6.45, 7) is 6.44. The molecule has 1 aromatic carbocycles. The molecule has 4 rings (SSSR count). The highest BCUT2D eigenvalue weighted by Crippen LogP contribution is 2.42. The van der Waals surface area contributed by atoms with Crippen molar-refractivity contribution >= 4 is 11.7 Å². The average Bonchev–Trinajstić information content (AvgIpc) is 2.76. The molecule has 7 nitrogen and oxygen atoms in total. The maximum Gasteiger partial charge on any atom is 0.225 e. The van der Waals surface area contributed by atoms with Gasteiger partial charge in [0, 0.05) is 25.7 Å². The minimum atomic E-state index is -0.00402. The molecule has 2 aliphatic rings. The highest BCUT2D eigenvalue weighted by molar-refractivity contribution is 5.98. The molecule has 31 heavy (non-hydrogen) atoms. The first kappa shape index (κ1) is 21.4. The standard InChI is InChI=1S/C24H31N3O4/c1-14-6-15(2)13-27(12-14)24-25-11-18-19(26-24)7-16(8-20(18)28)17-9-21(29-3)23(31-5)22(10-17)30-4/h9-11,14-16H,6-8,12-13H2,1-5H3/t14-,15-,16-/m0/s1. The number of hydrogen-bond donors (Lipinski definition) is 0. The molecule has 1 aliphatic heterocycles. The van der Waals surface area contributed by atoms with Crippen LogP contribution in [-0.2, 0) is 6.42 Å². The predicted octanol–water partition coefficient (Wildman–Crippen LogP) is 3.90. The van der Waals surface area contributed by atoms with Gasteiger partial charge in [0.15, 0.2) is 17.3 Å². The van der Waals surface area contributed by atoms with Crippen LogP contribution in [0, 0.1) is 11.8 Å². The van der Waals surface area contributed by atoms with Crippen LogP contribution in [0.4, 0.5) is 5.95 Å². The SMILES string of the molecule is COc1cc([C@@H]2CC(=O)c3cnc(N4C[C@@H](C)C[C@H](C)C4)nc3C2)cc(OC)c1OC. The van der Waals surface area contributed by atoms with Gasteiger partial charge in [0.2, 0.25) is 11.7 Å². The number of benzene rings is 1. The summed E-state index contributed by atoms with van der Waals surface area (Å²) >= 11 is 0. The first-order valence-corrected chi connectivity index (χ1v) is 10.9. The lowest BCUT2D eigenvalue weighted by Crippen LogP contribution is -2.40. The highest BCUT2D eigenvalue weighted by Gasteiger charge is 2.31. The van der Waals surface area contributed by atoms with Crippen LogP contribution in [-0.4, -0.2) is 50.2 Å². The van der Waals surface area contributed by atoms with E-state index >= 15 is 0 Å². The van der Waals surface area contributed by atoms with E-state index in [2.05, 4.69) is 23.7 Å². The number of carbonyl (C=O) groups is 1. The Kier molecular flexibility index (Phi) is 6.03. The van der Waals surface area contributed by atoms with Crippen molar-refractivity contribution in [3.63, 3.8) is 0 Å². The molecule has 2 aromatic rings. The van der Waals surface area contributed by atoms with Crippen molar-refractivity contribution in [2.45, 2.75) is 39.0 Å². The zero-order chi connectivity index (χ0) is 22.1. The van der Waals surface area contributed by atoms with Gasteiger partial charge in [0.05, 0.1) is 32.6 Å². The molecule has 0 amide bonds. The first-order chi connectivity index (χ1) is 14.9. The molecule has 0 N–H and O–H groups in total. The maximum absolute atomic E-state index is 12.9. The minimum absolute atomic E-state index is 0.00402. The van der Waals surface area contributed by atoms with Gasteiger partial charge in [-0.3, -0.25) is 4.79 Å². The summed E-state index contributed by atoms with van der Waals surface area (Å²) in [6, 6.07) is 3.86. The van der Waals surface area contributed by atoms with Crippen LogP contribution in [0.15, 0.2) is 18.3 Å². The largest absolute Gasteiger partial charge is 0.493 e. The summed E-state index contributed by atoms with van der Waals surface area (Å²) in [7, 11) is 4.78. The number of anilines is 1. The molecular weight excluding hydrogens is 394 g/mol. The Bertz CT molecular complexity index is 942. The van der Waals surface area contributed by atoms with Gasteiger partial charge in [0.1, 0.15) is 0 Å². The molecule has 1 aliphatic carbocycles. The summed E-state index contributed by atoms with van der Waals surface area (Å²) in [4.78, 5) is 24.6. The molecule has 166 valence electrons. The van der Waals surface area contributed by atoms with Crippen LogP contribution in [0.25, 0.3) is 0 Å². The minimum Gasteiger partial charge on any atom is -0.493 e. The van der Waals surface area contributed by atoms with Crippen LogP contribution >= 0.6 is 0 Å². The Labute approximate surface area is 183 Å². The Balaban J connectivity index is 1.65. The van der Waals surface area contributed by atoms with Gasteiger partial charge >= 0.3 is 0 Å². The van der Waals surface area contributed by atoms with Crippen molar-refractivity contribution in [1.82, 2.24) is 9.97 Å². The number of aromatic nitrogens is 2. The molecule has 7 heteroatoms. The highest BCUT2D eigenvalue weighted by atomic mass is 16.5. The smallest absolute Gasteiger partial charge is 0.225 e. The van der Waals surface area contributed by atoms with Gasteiger partial charge in [-0.15, -0.1) is 0 Å². The van der Waals surface area contributed by atoms with E-state index in [9.17, 15) is 4.79 Å². The van der Waals surface area contributed by atoms with E-state index in [1.165, 1.54) is 6.42 Å². The Hall–Kier alpha value is -2.83. The van der Waals surface area contributed by atoms with Gasteiger partial charge in [-0.05, 0) is 48.3 Å².